The van der Waals surface area contributed by atoms with Crippen LogP contribution in [0.25, 0.3) is 5.69 Å². The predicted octanol–water partition coefficient (Wildman–Crippen LogP) is 3.80. The summed E-state index contributed by atoms with van der Waals surface area (Å²) in [5.41, 5.74) is 4.29. The molecule has 1 aromatic heterocycles. The van der Waals surface area contributed by atoms with Crippen molar-refractivity contribution >= 4 is 23.3 Å². The third-order valence-corrected chi connectivity index (χ3v) is 4.93. The Labute approximate surface area is 181 Å². The van der Waals surface area contributed by atoms with E-state index in [1.54, 1.807) is 35.9 Å². The molecule has 3 aromatic rings. The molecule has 0 radical (unpaired) electrons. The fourth-order valence-electron chi connectivity index (χ4n) is 3.34. The van der Waals surface area contributed by atoms with E-state index in [1.807, 2.05) is 44.2 Å². The summed E-state index contributed by atoms with van der Waals surface area (Å²) in [5, 5.41) is 7.18. The Kier molecular flexibility index (Phi) is 6.65. The Hall–Kier alpha value is -3.74. The molecular weight excluding hydrogens is 394 g/mol. The first-order valence-corrected chi connectivity index (χ1v) is 9.98. The summed E-state index contributed by atoms with van der Waals surface area (Å²) in [6.45, 7) is 6.71. The number of ketones is 1. The maximum atomic E-state index is 12.6. The van der Waals surface area contributed by atoms with E-state index in [1.165, 1.54) is 6.92 Å². The minimum Gasteiger partial charge on any atom is -0.454 e. The van der Waals surface area contributed by atoms with E-state index >= 15 is 0 Å². The molecule has 0 fully saturated rings. The van der Waals surface area contributed by atoms with Crippen LogP contribution in [0.1, 0.15) is 41.2 Å². The van der Waals surface area contributed by atoms with Crippen LogP contribution >= 0.6 is 0 Å². The Morgan fingerprint density at radius 3 is 2.29 bits per heavy atom. The van der Waals surface area contributed by atoms with Crippen LogP contribution in [0.5, 0.6) is 0 Å². The number of ether oxygens (including phenoxy) is 1. The number of carbonyl (C=O) groups is 3. The van der Waals surface area contributed by atoms with E-state index in [2.05, 4.69) is 10.4 Å². The molecule has 0 aliphatic rings. The van der Waals surface area contributed by atoms with E-state index in [-0.39, 0.29) is 18.1 Å². The fourth-order valence-corrected chi connectivity index (χ4v) is 3.34. The highest BCUT2D eigenvalue weighted by Crippen LogP contribution is 2.19. The molecule has 1 N–H and O–H groups in total. The van der Waals surface area contributed by atoms with Crippen LogP contribution in [0, 0.1) is 13.8 Å². The molecule has 0 spiro atoms. The first-order chi connectivity index (χ1) is 14.8. The van der Waals surface area contributed by atoms with Gasteiger partial charge in [-0.2, -0.15) is 5.10 Å². The van der Waals surface area contributed by atoms with Crippen LogP contribution in [0.3, 0.4) is 0 Å². The SMILES string of the molecule is CC(=O)Nc1ccc(C(=O)[C@H](C)OC(=O)Cc2c(C)nn(-c3ccccc3)c2C)cc1. The molecule has 0 bridgehead atoms. The van der Waals surface area contributed by atoms with Crippen LogP contribution < -0.4 is 5.32 Å². The van der Waals surface area contributed by atoms with E-state index in [4.69, 9.17) is 4.74 Å². The maximum absolute atomic E-state index is 12.6. The fraction of sp³-hybridized carbons (Fsp3) is 0.250. The molecule has 2 aromatic carbocycles. The molecule has 0 unspecified atom stereocenters. The number of para-hydroxylation sites is 1. The van der Waals surface area contributed by atoms with Gasteiger partial charge in [0.05, 0.1) is 17.8 Å². The van der Waals surface area contributed by atoms with Crippen molar-refractivity contribution in [1.82, 2.24) is 9.78 Å². The highest BCUT2D eigenvalue weighted by Gasteiger charge is 2.22. The number of benzene rings is 2. The summed E-state index contributed by atoms with van der Waals surface area (Å²) in [6, 6.07) is 16.1. The van der Waals surface area contributed by atoms with E-state index < -0.39 is 12.1 Å². The number of hydrogen-bond donors (Lipinski definition) is 1. The zero-order chi connectivity index (χ0) is 22.5. The molecule has 31 heavy (non-hydrogen) atoms. The van der Waals surface area contributed by atoms with Crippen LogP contribution in [0.2, 0.25) is 0 Å². The largest absolute Gasteiger partial charge is 0.454 e. The summed E-state index contributed by atoms with van der Waals surface area (Å²) >= 11 is 0. The van der Waals surface area contributed by atoms with Gasteiger partial charge in [0.25, 0.3) is 0 Å². The van der Waals surface area contributed by atoms with Crippen LogP contribution in [0.4, 0.5) is 5.69 Å². The number of esters is 1. The van der Waals surface area contributed by atoms with Crippen molar-refractivity contribution in [2.45, 2.75) is 40.2 Å². The van der Waals surface area contributed by atoms with Crippen molar-refractivity contribution in [2.75, 3.05) is 5.32 Å². The average molecular weight is 419 g/mol. The second-order valence-electron chi connectivity index (χ2n) is 7.33. The van der Waals surface area contributed by atoms with E-state index in [0.29, 0.717) is 11.3 Å². The lowest BCUT2D eigenvalue weighted by Gasteiger charge is -2.13. The number of nitrogens with one attached hydrogen (secondary N) is 1. The molecule has 1 heterocycles. The van der Waals surface area contributed by atoms with Gasteiger partial charge in [0, 0.05) is 29.4 Å². The van der Waals surface area contributed by atoms with Gasteiger partial charge in [0.1, 0.15) is 0 Å². The molecule has 160 valence electrons. The first kappa shape index (κ1) is 22.0. The van der Waals surface area contributed by atoms with Gasteiger partial charge >= 0.3 is 5.97 Å². The van der Waals surface area contributed by atoms with Gasteiger partial charge in [-0.05, 0) is 57.2 Å². The van der Waals surface area contributed by atoms with Crippen molar-refractivity contribution in [1.29, 1.82) is 0 Å². The number of rotatable bonds is 7. The van der Waals surface area contributed by atoms with E-state index in [9.17, 15) is 14.4 Å². The third kappa shape index (κ3) is 5.25. The van der Waals surface area contributed by atoms with Gasteiger partial charge in [-0.25, -0.2) is 4.68 Å². The summed E-state index contributed by atoms with van der Waals surface area (Å²) in [5.74, 6) is -0.992. The first-order valence-electron chi connectivity index (χ1n) is 9.98. The lowest BCUT2D eigenvalue weighted by molar-refractivity contribution is -0.145. The van der Waals surface area contributed by atoms with Crippen LogP contribution in [0.15, 0.2) is 54.6 Å². The molecule has 0 saturated carbocycles. The molecule has 1 amide bonds. The number of anilines is 1. The number of aromatic nitrogens is 2. The Morgan fingerprint density at radius 1 is 1.03 bits per heavy atom. The van der Waals surface area contributed by atoms with Crippen molar-refractivity contribution in [2.24, 2.45) is 0 Å². The van der Waals surface area contributed by atoms with Crippen molar-refractivity contribution in [3.05, 3.63) is 77.1 Å². The minimum absolute atomic E-state index is 0.0313. The van der Waals surface area contributed by atoms with Gasteiger partial charge in [-0.3, -0.25) is 14.4 Å². The topological polar surface area (TPSA) is 90.3 Å². The highest BCUT2D eigenvalue weighted by atomic mass is 16.5. The predicted molar refractivity (Wildman–Crippen MR) is 117 cm³/mol. The summed E-state index contributed by atoms with van der Waals surface area (Å²) in [7, 11) is 0. The van der Waals surface area contributed by atoms with Crippen molar-refractivity contribution in [3.63, 3.8) is 0 Å². The normalized spacial score (nSPS) is 11.6. The monoisotopic (exact) mass is 419 g/mol. The molecule has 7 heteroatoms. The Balaban J connectivity index is 1.66. The number of amides is 1. The number of hydrogen-bond acceptors (Lipinski definition) is 5. The molecular formula is C24H25N3O4. The third-order valence-electron chi connectivity index (χ3n) is 4.93. The Bertz CT molecular complexity index is 1100. The standard InChI is InChI=1S/C24H25N3O4/c1-15-22(16(2)27(26-15)21-8-6-5-7-9-21)14-23(29)31-17(3)24(30)19-10-12-20(13-11-19)25-18(4)28/h5-13,17H,14H2,1-4H3,(H,25,28)/t17-/m0/s1. The molecule has 1 atom stereocenters. The minimum atomic E-state index is -0.927. The smallest absolute Gasteiger partial charge is 0.311 e. The summed E-state index contributed by atoms with van der Waals surface area (Å²) in [6.07, 6.45) is -0.896. The average Bonchev–Trinajstić information content (AvgIpc) is 3.02. The maximum Gasteiger partial charge on any atom is 0.311 e. The Morgan fingerprint density at radius 2 is 1.68 bits per heavy atom. The molecule has 7 nitrogen and oxygen atoms in total. The zero-order valence-corrected chi connectivity index (χ0v) is 18.0. The summed E-state index contributed by atoms with van der Waals surface area (Å²) in [4.78, 5) is 36.2. The lowest BCUT2D eigenvalue weighted by atomic mass is 10.1. The zero-order valence-electron chi connectivity index (χ0n) is 18.0. The molecule has 0 aliphatic carbocycles. The van der Waals surface area contributed by atoms with Gasteiger partial charge in [-0.1, -0.05) is 18.2 Å². The van der Waals surface area contributed by atoms with Gasteiger partial charge in [0.2, 0.25) is 11.7 Å². The van der Waals surface area contributed by atoms with Crippen LogP contribution in [-0.2, 0) is 20.7 Å². The van der Waals surface area contributed by atoms with Gasteiger partial charge in [0.15, 0.2) is 6.10 Å². The number of aryl methyl sites for hydroxylation is 1. The molecule has 0 aliphatic heterocycles. The molecule has 3 rings (SSSR count). The number of Topliss-reactive ketones (excluding diaryl/α,β-unsaturated/α-hetero) is 1. The number of carbonyl (C=O) groups excluding carboxylic acids is 3. The van der Waals surface area contributed by atoms with Crippen LogP contribution in [-0.4, -0.2) is 33.5 Å². The van der Waals surface area contributed by atoms with E-state index in [0.717, 1.165) is 22.6 Å². The quantitative estimate of drug-likeness (QED) is 0.465. The molecule has 0 saturated heterocycles. The van der Waals surface area contributed by atoms with Gasteiger partial charge < -0.3 is 10.1 Å². The second kappa shape index (κ2) is 9.38. The van der Waals surface area contributed by atoms with Gasteiger partial charge in [-0.15, -0.1) is 0 Å². The van der Waals surface area contributed by atoms with Crippen molar-refractivity contribution < 1.29 is 19.1 Å². The summed E-state index contributed by atoms with van der Waals surface area (Å²) < 4.78 is 7.19. The number of nitrogens with zero attached hydrogens (tertiary/aromatic N) is 2. The highest BCUT2D eigenvalue weighted by molar-refractivity contribution is 6.00. The van der Waals surface area contributed by atoms with Crippen molar-refractivity contribution in [3.8, 4) is 5.69 Å². The second-order valence-corrected chi connectivity index (χ2v) is 7.33. The lowest BCUT2D eigenvalue weighted by Crippen LogP contribution is -2.25.